The standard InChI is InChI=1S/C3H10N2.C3H3N/c4-2-1-3-5;1-2-3-4/h1-5H2;2H,1H2. The van der Waals surface area contributed by atoms with Crippen LogP contribution in [0.25, 0.3) is 0 Å². The summed E-state index contributed by atoms with van der Waals surface area (Å²) in [6.45, 7) is 4.56. The molecule has 0 unspecified atom stereocenters. The summed E-state index contributed by atoms with van der Waals surface area (Å²) < 4.78 is 0. The van der Waals surface area contributed by atoms with Crippen LogP contribution >= 0.6 is 0 Å². The zero-order chi connectivity index (χ0) is 7.54. The van der Waals surface area contributed by atoms with Gasteiger partial charge < -0.3 is 11.5 Å². The Hall–Kier alpha value is -0.850. The van der Waals surface area contributed by atoms with Crippen LogP contribution in [0.5, 0.6) is 0 Å². The van der Waals surface area contributed by atoms with E-state index in [-0.39, 0.29) is 0 Å². The van der Waals surface area contributed by atoms with E-state index in [4.69, 9.17) is 16.7 Å². The van der Waals surface area contributed by atoms with Gasteiger partial charge >= 0.3 is 0 Å². The van der Waals surface area contributed by atoms with E-state index in [0.29, 0.717) is 0 Å². The van der Waals surface area contributed by atoms with Crippen LogP contribution < -0.4 is 11.5 Å². The summed E-state index contributed by atoms with van der Waals surface area (Å²) in [5.41, 5.74) is 10.1. The SMILES string of the molecule is C=CC#N.NCCCN. The maximum atomic E-state index is 7.51. The number of allylic oxidation sites excluding steroid dienone is 1. The molecule has 0 spiro atoms. The van der Waals surface area contributed by atoms with Crippen molar-refractivity contribution < 1.29 is 0 Å². The average molecular weight is 127 g/mol. The van der Waals surface area contributed by atoms with Gasteiger partial charge in [0.1, 0.15) is 0 Å². The molecular formula is C6H13N3. The molecule has 0 aromatic rings. The van der Waals surface area contributed by atoms with Crippen LogP contribution in [0, 0.1) is 11.3 Å². The Labute approximate surface area is 56.0 Å². The van der Waals surface area contributed by atoms with E-state index < -0.39 is 0 Å². The minimum atomic E-state index is 0.719. The predicted octanol–water partition coefficient (Wildman–Crippen LogP) is -0.0101. The third-order valence-corrected chi connectivity index (χ3v) is 0.500. The highest BCUT2D eigenvalue weighted by Gasteiger charge is 1.67. The molecule has 0 saturated heterocycles. The van der Waals surface area contributed by atoms with Crippen molar-refractivity contribution in [1.82, 2.24) is 0 Å². The number of hydrogen-bond donors (Lipinski definition) is 2. The molecule has 0 heterocycles. The van der Waals surface area contributed by atoms with E-state index in [1.165, 1.54) is 6.08 Å². The zero-order valence-corrected chi connectivity index (χ0v) is 5.51. The molecule has 3 nitrogen and oxygen atoms in total. The first-order chi connectivity index (χ1) is 4.33. The first-order valence-electron chi connectivity index (χ1n) is 2.74. The average Bonchev–Trinajstić information content (AvgIpc) is 1.91. The maximum absolute atomic E-state index is 7.51. The first kappa shape index (κ1) is 11.0. The van der Waals surface area contributed by atoms with Gasteiger partial charge in [0.2, 0.25) is 0 Å². The van der Waals surface area contributed by atoms with Gasteiger partial charge in [-0.2, -0.15) is 5.26 Å². The summed E-state index contributed by atoms with van der Waals surface area (Å²) in [6, 6.07) is 1.69. The van der Waals surface area contributed by atoms with Crippen molar-refractivity contribution in [3.63, 3.8) is 0 Å². The lowest BCUT2D eigenvalue weighted by molar-refractivity contribution is 0.844. The maximum Gasteiger partial charge on any atom is 0.0905 e. The van der Waals surface area contributed by atoms with E-state index in [0.717, 1.165) is 19.5 Å². The van der Waals surface area contributed by atoms with Crippen molar-refractivity contribution in [2.45, 2.75) is 6.42 Å². The zero-order valence-electron chi connectivity index (χ0n) is 5.51. The predicted molar refractivity (Wildman–Crippen MR) is 38.5 cm³/mol. The molecule has 9 heavy (non-hydrogen) atoms. The van der Waals surface area contributed by atoms with Crippen molar-refractivity contribution >= 4 is 0 Å². The normalized spacial score (nSPS) is 6.33. The summed E-state index contributed by atoms with van der Waals surface area (Å²) in [5.74, 6) is 0. The van der Waals surface area contributed by atoms with Crippen molar-refractivity contribution in [3.8, 4) is 6.07 Å². The fourth-order valence-electron chi connectivity index (χ4n) is 0.118. The molecule has 0 fully saturated rings. The highest BCUT2D eigenvalue weighted by Crippen LogP contribution is 1.58. The van der Waals surface area contributed by atoms with Crippen molar-refractivity contribution in [2.75, 3.05) is 13.1 Å². The number of hydrogen-bond acceptors (Lipinski definition) is 3. The minimum absolute atomic E-state index is 0.719. The molecule has 0 aliphatic heterocycles. The summed E-state index contributed by atoms with van der Waals surface area (Å²) in [4.78, 5) is 0. The molecule has 0 atom stereocenters. The van der Waals surface area contributed by atoms with Crippen LogP contribution in [-0.2, 0) is 0 Å². The molecule has 0 aliphatic rings. The molecular weight excluding hydrogens is 114 g/mol. The number of nitriles is 1. The van der Waals surface area contributed by atoms with Gasteiger partial charge in [-0.25, -0.2) is 0 Å². The lowest BCUT2D eigenvalue weighted by Gasteiger charge is -1.81. The monoisotopic (exact) mass is 127 g/mol. The second-order valence-electron chi connectivity index (χ2n) is 1.26. The third-order valence-electron chi connectivity index (χ3n) is 0.500. The topological polar surface area (TPSA) is 75.8 Å². The van der Waals surface area contributed by atoms with Crippen LogP contribution in [0.4, 0.5) is 0 Å². The quantitative estimate of drug-likeness (QED) is 0.512. The Morgan fingerprint density at radius 2 is 1.78 bits per heavy atom. The van der Waals surface area contributed by atoms with Crippen LogP contribution in [0.3, 0.4) is 0 Å². The Kier molecular flexibility index (Phi) is 19.2. The van der Waals surface area contributed by atoms with Gasteiger partial charge in [-0.05, 0) is 19.5 Å². The highest BCUT2D eigenvalue weighted by molar-refractivity contribution is 4.93. The second kappa shape index (κ2) is 15.7. The van der Waals surface area contributed by atoms with Gasteiger partial charge in [-0.3, -0.25) is 0 Å². The van der Waals surface area contributed by atoms with Crippen molar-refractivity contribution in [2.24, 2.45) is 11.5 Å². The molecule has 0 radical (unpaired) electrons. The number of nitrogens with two attached hydrogens (primary N) is 2. The van der Waals surface area contributed by atoms with Crippen LogP contribution in [0.1, 0.15) is 6.42 Å². The van der Waals surface area contributed by atoms with Gasteiger partial charge in [0.05, 0.1) is 6.07 Å². The van der Waals surface area contributed by atoms with Crippen LogP contribution in [0.2, 0.25) is 0 Å². The Bertz CT molecular complexity index is 80.8. The molecule has 3 heteroatoms. The Morgan fingerprint density at radius 1 is 1.44 bits per heavy atom. The van der Waals surface area contributed by atoms with E-state index >= 15 is 0 Å². The van der Waals surface area contributed by atoms with E-state index in [9.17, 15) is 0 Å². The lowest BCUT2D eigenvalue weighted by Crippen LogP contribution is -2.06. The second-order valence-corrected chi connectivity index (χ2v) is 1.26. The molecule has 0 aromatic carbocycles. The van der Waals surface area contributed by atoms with E-state index in [1.807, 2.05) is 0 Å². The van der Waals surface area contributed by atoms with Gasteiger partial charge in [0, 0.05) is 6.08 Å². The smallest absolute Gasteiger partial charge is 0.0905 e. The highest BCUT2D eigenvalue weighted by atomic mass is 14.6. The van der Waals surface area contributed by atoms with Gasteiger partial charge in [-0.15, -0.1) is 0 Å². The minimum Gasteiger partial charge on any atom is -0.330 e. The van der Waals surface area contributed by atoms with E-state index in [2.05, 4.69) is 6.58 Å². The molecule has 4 N–H and O–H groups in total. The molecule has 0 amide bonds. The summed E-state index contributed by atoms with van der Waals surface area (Å²) in [6.07, 6.45) is 2.12. The van der Waals surface area contributed by atoms with Crippen LogP contribution in [0.15, 0.2) is 12.7 Å². The molecule has 0 aliphatic carbocycles. The summed E-state index contributed by atoms with van der Waals surface area (Å²) in [7, 11) is 0. The first-order valence-corrected chi connectivity index (χ1v) is 2.74. The molecule has 0 saturated carbocycles. The Morgan fingerprint density at radius 3 is 1.78 bits per heavy atom. The van der Waals surface area contributed by atoms with Crippen molar-refractivity contribution in [3.05, 3.63) is 12.7 Å². The van der Waals surface area contributed by atoms with Crippen LogP contribution in [-0.4, -0.2) is 13.1 Å². The van der Waals surface area contributed by atoms with Crippen molar-refractivity contribution in [1.29, 1.82) is 5.26 Å². The third kappa shape index (κ3) is 41.0. The number of rotatable bonds is 2. The summed E-state index contributed by atoms with van der Waals surface area (Å²) >= 11 is 0. The fraction of sp³-hybridized carbons (Fsp3) is 0.500. The van der Waals surface area contributed by atoms with Gasteiger partial charge in [-0.1, -0.05) is 6.58 Å². The summed E-state index contributed by atoms with van der Waals surface area (Å²) in [5, 5.41) is 7.51. The van der Waals surface area contributed by atoms with Gasteiger partial charge in [0.25, 0.3) is 0 Å². The number of nitrogens with zero attached hydrogens (tertiary/aromatic N) is 1. The van der Waals surface area contributed by atoms with Gasteiger partial charge in [0.15, 0.2) is 0 Å². The molecule has 0 rings (SSSR count). The molecule has 0 aromatic heterocycles. The molecule has 52 valence electrons. The molecule has 0 bridgehead atoms. The lowest BCUT2D eigenvalue weighted by atomic mass is 10.4. The largest absolute Gasteiger partial charge is 0.330 e. The Balaban J connectivity index is 0. The fourth-order valence-corrected chi connectivity index (χ4v) is 0.118. The van der Waals surface area contributed by atoms with E-state index in [1.54, 1.807) is 6.07 Å².